The smallest absolute Gasteiger partial charge is 0.335 e. The van der Waals surface area contributed by atoms with E-state index in [0.717, 1.165) is 23.6 Å². The number of fused-ring (bicyclic) bond motifs is 1. The first-order valence-corrected chi connectivity index (χ1v) is 7.04. The number of carbonyl (C=O) groups excluding carboxylic acids is 1. The topological polar surface area (TPSA) is 52.3 Å². The summed E-state index contributed by atoms with van der Waals surface area (Å²) < 4.78 is 11.1. The number of rotatable bonds is 4. The summed E-state index contributed by atoms with van der Waals surface area (Å²) in [5, 5.41) is 0. The molecule has 0 amide bonds. The van der Waals surface area contributed by atoms with Crippen LogP contribution in [0.3, 0.4) is 0 Å². The van der Waals surface area contributed by atoms with Gasteiger partial charge in [0.2, 0.25) is 5.89 Å². The molecule has 0 bridgehead atoms. The van der Waals surface area contributed by atoms with Crippen LogP contribution in [0.1, 0.15) is 12.5 Å². The first kappa shape index (κ1) is 14.1. The van der Waals surface area contributed by atoms with Crippen LogP contribution in [0.15, 0.2) is 59.5 Å². The summed E-state index contributed by atoms with van der Waals surface area (Å²) in [6, 6.07) is 13.2. The van der Waals surface area contributed by atoms with Gasteiger partial charge in [0.25, 0.3) is 0 Å². The van der Waals surface area contributed by atoms with Gasteiger partial charge in [-0.2, -0.15) is 0 Å². The van der Waals surface area contributed by atoms with Crippen molar-refractivity contribution in [2.24, 2.45) is 0 Å². The molecule has 0 fully saturated rings. The molecule has 0 atom stereocenters. The monoisotopic (exact) mass is 293 g/mol. The molecule has 3 aromatic rings. The predicted molar refractivity (Wildman–Crippen MR) is 84.7 cm³/mol. The van der Waals surface area contributed by atoms with Gasteiger partial charge in [0.1, 0.15) is 11.3 Å². The van der Waals surface area contributed by atoms with Gasteiger partial charge in [-0.05, 0) is 36.2 Å². The Morgan fingerprint density at radius 2 is 2.14 bits per heavy atom. The molecule has 1 heterocycles. The van der Waals surface area contributed by atoms with Crippen LogP contribution in [0, 0.1) is 0 Å². The van der Waals surface area contributed by atoms with Crippen LogP contribution >= 0.6 is 0 Å². The number of aryl methyl sites for hydroxylation is 1. The predicted octanol–water partition coefficient (Wildman–Crippen LogP) is 4.15. The molecule has 110 valence electrons. The van der Waals surface area contributed by atoms with Gasteiger partial charge in [0.05, 0.1) is 5.56 Å². The highest BCUT2D eigenvalue weighted by atomic mass is 16.5. The van der Waals surface area contributed by atoms with E-state index in [2.05, 4.69) is 11.6 Å². The van der Waals surface area contributed by atoms with E-state index >= 15 is 0 Å². The summed E-state index contributed by atoms with van der Waals surface area (Å²) in [5.41, 5.74) is 3.16. The molecule has 0 saturated heterocycles. The van der Waals surface area contributed by atoms with Crippen molar-refractivity contribution in [3.63, 3.8) is 0 Å². The van der Waals surface area contributed by atoms with E-state index in [1.54, 1.807) is 0 Å². The highest BCUT2D eigenvalue weighted by Crippen LogP contribution is 2.33. The molecular weight excluding hydrogens is 278 g/mol. The highest BCUT2D eigenvalue weighted by Gasteiger charge is 2.15. The summed E-state index contributed by atoms with van der Waals surface area (Å²) in [4.78, 5) is 16.0. The maximum atomic E-state index is 11.5. The minimum absolute atomic E-state index is 0.427. The average molecular weight is 293 g/mol. The highest BCUT2D eigenvalue weighted by molar-refractivity contribution is 5.85. The zero-order valence-electron chi connectivity index (χ0n) is 12.2. The number of hydrogen-bond acceptors (Lipinski definition) is 4. The SMILES string of the molecule is C=CC(=O)Oc1cc(CC)ccc1-c1nc2ccccc2o1. The summed E-state index contributed by atoms with van der Waals surface area (Å²) in [6.07, 6.45) is 1.97. The number of hydrogen-bond donors (Lipinski definition) is 0. The van der Waals surface area contributed by atoms with Crippen molar-refractivity contribution >= 4 is 17.1 Å². The van der Waals surface area contributed by atoms with E-state index < -0.39 is 5.97 Å². The minimum Gasteiger partial charge on any atom is -0.436 e. The number of para-hydroxylation sites is 2. The van der Waals surface area contributed by atoms with Crippen molar-refractivity contribution < 1.29 is 13.9 Å². The Bertz CT molecular complexity index is 815. The van der Waals surface area contributed by atoms with E-state index in [0.29, 0.717) is 22.8 Å². The van der Waals surface area contributed by atoms with Crippen molar-refractivity contribution in [1.82, 2.24) is 4.98 Å². The van der Waals surface area contributed by atoms with Crippen LogP contribution in [0.5, 0.6) is 5.75 Å². The van der Waals surface area contributed by atoms with Crippen molar-refractivity contribution in [1.29, 1.82) is 0 Å². The fourth-order valence-electron chi connectivity index (χ4n) is 2.19. The van der Waals surface area contributed by atoms with E-state index in [1.165, 1.54) is 0 Å². The number of esters is 1. The summed E-state index contributed by atoms with van der Waals surface area (Å²) >= 11 is 0. The number of benzene rings is 2. The largest absolute Gasteiger partial charge is 0.436 e. The fourth-order valence-corrected chi connectivity index (χ4v) is 2.19. The number of nitrogens with zero attached hydrogens (tertiary/aromatic N) is 1. The number of aromatic nitrogens is 1. The zero-order chi connectivity index (χ0) is 15.5. The Morgan fingerprint density at radius 3 is 2.86 bits per heavy atom. The molecule has 0 aliphatic heterocycles. The van der Waals surface area contributed by atoms with E-state index in [9.17, 15) is 4.79 Å². The van der Waals surface area contributed by atoms with E-state index in [-0.39, 0.29) is 0 Å². The Balaban J connectivity index is 2.11. The average Bonchev–Trinajstić information content (AvgIpc) is 2.98. The molecule has 0 aliphatic carbocycles. The third kappa shape index (κ3) is 2.63. The van der Waals surface area contributed by atoms with E-state index in [1.807, 2.05) is 49.4 Å². The quantitative estimate of drug-likeness (QED) is 0.412. The Hall–Kier alpha value is -2.88. The molecule has 0 N–H and O–H groups in total. The van der Waals surface area contributed by atoms with Crippen LogP contribution in [0.2, 0.25) is 0 Å². The molecular formula is C18H15NO3. The Kier molecular flexibility index (Phi) is 3.74. The van der Waals surface area contributed by atoms with Crippen LogP contribution in [0.25, 0.3) is 22.6 Å². The van der Waals surface area contributed by atoms with Crippen molar-refractivity contribution in [3.8, 4) is 17.2 Å². The molecule has 0 radical (unpaired) electrons. The van der Waals surface area contributed by atoms with Crippen molar-refractivity contribution in [2.75, 3.05) is 0 Å². The molecule has 0 aliphatic rings. The summed E-state index contributed by atoms with van der Waals surface area (Å²) in [6.45, 7) is 5.46. The van der Waals surface area contributed by atoms with Gasteiger partial charge >= 0.3 is 5.97 Å². The molecule has 0 spiro atoms. The zero-order valence-corrected chi connectivity index (χ0v) is 12.2. The van der Waals surface area contributed by atoms with Gasteiger partial charge in [-0.15, -0.1) is 0 Å². The summed E-state index contributed by atoms with van der Waals surface area (Å²) in [7, 11) is 0. The molecule has 4 nitrogen and oxygen atoms in total. The van der Waals surface area contributed by atoms with Crippen molar-refractivity contribution in [3.05, 3.63) is 60.7 Å². The maximum Gasteiger partial charge on any atom is 0.335 e. The van der Waals surface area contributed by atoms with Gasteiger partial charge < -0.3 is 9.15 Å². The van der Waals surface area contributed by atoms with Crippen LogP contribution in [-0.2, 0) is 11.2 Å². The fraction of sp³-hybridized carbons (Fsp3) is 0.111. The Morgan fingerprint density at radius 1 is 1.32 bits per heavy atom. The van der Waals surface area contributed by atoms with Gasteiger partial charge in [-0.3, -0.25) is 0 Å². The Labute approximate surface area is 128 Å². The number of ether oxygens (including phenoxy) is 1. The third-order valence-corrected chi connectivity index (χ3v) is 3.36. The van der Waals surface area contributed by atoms with Gasteiger partial charge in [-0.25, -0.2) is 9.78 Å². The molecule has 2 aromatic carbocycles. The van der Waals surface area contributed by atoms with Crippen molar-refractivity contribution in [2.45, 2.75) is 13.3 Å². The molecule has 22 heavy (non-hydrogen) atoms. The normalized spacial score (nSPS) is 10.6. The molecule has 0 unspecified atom stereocenters. The summed E-state index contributed by atoms with van der Waals surface area (Å²) in [5.74, 6) is 0.345. The first-order chi connectivity index (χ1) is 10.7. The third-order valence-electron chi connectivity index (χ3n) is 3.36. The molecule has 4 heteroatoms. The second-order valence-electron chi connectivity index (χ2n) is 4.80. The number of oxazole rings is 1. The second kappa shape index (κ2) is 5.85. The van der Waals surface area contributed by atoms with Gasteiger partial charge in [-0.1, -0.05) is 31.7 Å². The van der Waals surface area contributed by atoms with Gasteiger partial charge in [0, 0.05) is 6.08 Å². The molecule has 3 rings (SSSR count). The van der Waals surface area contributed by atoms with Crippen LogP contribution in [-0.4, -0.2) is 11.0 Å². The lowest BCUT2D eigenvalue weighted by Gasteiger charge is -2.08. The number of carbonyl (C=O) groups is 1. The lowest BCUT2D eigenvalue weighted by molar-refractivity contribution is -0.128. The minimum atomic E-state index is -0.509. The van der Waals surface area contributed by atoms with Crippen LogP contribution in [0.4, 0.5) is 0 Å². The molecule has 1 aromatic heterocycles. The van der Waals surface area contributed by atoms with E-state index in [4.69, 9.17) is 9.15 Å². The molecule has 0 saturated carbocycles. The second-order valence-corrected chi connectivity index (χ2v) is 4.80. The standard InChI is InChI=1S/C18H15NO3/c1-3-12-9-10-13(16(11-12)21-17(20)4-2)18-19-14-7-5-6-8-15(14)22-18/h4-11H,2-3H2,1H3. The lowest BCUT2D eigenvalue weighted by Crippen LogP contribution is -2.04. The first-order valence-electron chi connectivity index (χ1n) is 7.04. The lowest BCUT2D eigenvalue weighted by atomic mass is 10.1. The van der Waals surface area contributed by atoms with Crippen LogP contribution < -0.4 is 4.74 Å². The van der Waals surface area contributed by atoms with Gasteiger partial charge in [0.15, 0.2) is 5.58 Å². The maximum absolute atomic E-state index is 11.5.